The fourth-order valence-electron chi connectivity index (χ4n) is 1.47. The summed E-state index contributed by atoms with van der Waals surface area (Å²) < 4.78 is 1.93. The Kier molecular flexibility index (Phi) is 2.46. The lowest BCUT2D eigenvalue weighted by Crippen LogP contribution is -2.27. The second kappa shape index (κ2) is 3.61. The van der Waals surface area contributed by atoms with Crippen LogP contribution in [0.4, 0.5) is 0 Å². The number of fused-ring (bicyclic) bond motifs is 1. The highest BCUT2D eigenvalue weighted by molar-refractivity contribution is 6.66. The Bertz CT molecular complexity index is 367. The SMILES string of the molecule is CC(C)Cc1ncc2n1NC(Cl)=NC2. The summed E-state index contributed by atoms with van der Waals surface area (Å²) in [4.78, 5) is 8.41. The molecule has 4 nitrogen and oxygen atoms in total. The molecule has 0 unspecified atom stereocenters. The zero-order valence-corrected chi connectivity index (χ0v) is 9.04. The smallest absolute Gasteiger partial charge is 0.211 e. The molecule has 0 radical (unpaired) electrons. The van der Waals surface area contributed by atoms with Crippen molar-refractivity contribution >= 4 is 16.9 Å². The lowest BCUT2D eigenvalue weighted by atomic mass is 10.1. The van der Waals surface area contributed by atoms with Gasteiger partial charge in [0.1, 0.15) is 5.82 Å². The van der Waals surface area contributed by atoms with Gasteiger partial charge >= 0.3 is 0 Å². The van der Waals surface area contributed by atoms with E-state index in [0.717, 1.165) is 17.9 Å². The maximum absolute atomic E-state index is 5.80. The first-order valence-corrected chi connectivity index (χ1v) is 5.07. The van der Waals surface area contributed by atoms with E-state index in [9.17, 15) is 0 Å². The molecule has 1 aromatic rings. The molecule has 1 aromatic heterocycles. The van der Waals surface area contributed by atoms with Gasteiger partial charge in [0.2, 0.25) is 5.29 Å². The van der Waals surface area contributed by atoms with E-state index in [2.05, 4.69) is 29.2 Å². The lowest BCUT2D eigenvalue weighted by Gasteiger charge is -2.16. The maximum Gasteiger partial charge on any atom is 0.211 e. The summed E-state index contributed by atoms with van der Waals surface area (Å²) in [5.74, 6) is 1.60. The van der Waals surface area contributed by atoms with E-state index < -0.39 is 0 Å². The van der Waals surface area contributed by atoms with Crippen molar-refractivity contribution in [2.24, 2.45) is 10.9 Å². The summed E-state index contributed by atoms with van der Waals surface area (Å²) in [5, 5.41) is 0.431. The van der Waals surface area contributed by atoms with Crippen LogP contribution in [-0.4, -0.2) is 15.0 Å². The summed E-state index contributed by atoms with van der Waals surface area (Å²) in [6.07, 6.45) is 2.79. The van der Waals surface area contributed by atoms with Crippen molar-refractivity contribution in [3.8, 4) is 0 Å². The minimum Gasteiger partial charge on any atom is -0.266 e. The molecule has 0 saturated heterocycles. The van der Waals surface area contributed by atoms with Crippen molar-refractivity contribution in [2.75, 3.05) is 5.43 Å². The molecular formula is C9H13ClN4. The van der Waals surface area contributed by atoms with E-state index in [1.807, 2.05) is 10.9 Å². The van der Waals surface area contributed by atoms with E-state index in [-0.39, 0.29) is 0 Å². The summed E-state index contributed by atoms with van der Waals surface area (Å²) >= 11 is 5.80. The number of hydrogen-bond acceptors (Lipinski definition) is 3. The molecule has 1 aliphatic heterocycles. The summed E-state index contributed by atoms with van der Waals surface area (Å²) in [6.45, 7) is 4.94. The Morgan fingerprint density at radius 2 is 2.43 bits per heavy atom. The minimum atomic E-state index is 0.431. The largest absolute Gasteiger partial charge is 0.266 e. The number of nitrogens with zero attached hydrogens (tertiary/aromatic N) is 3. The predicted molar refractivity (Wildman–Crippen MR) is 57.1 cm³/mol. The molecule has 76 valence electrons. The highest BCUT2D eigenvalue weighted by Gasteiger charge is 2.15. The lowest BCUT2D eigenvalue weighted by molar-refractivity contribution is 0.602. The fourth-order valence-corrected chi connectivity index (χ4v) is 1.61. The third kappa shape index (κ3) is 1.75. The van der Waals surface area contributed by atoms with Crippen molar-refractivity contribution in [1.82, 2.24) is 9.66 Å². The van der Waals surface area contributed by atoms with Crippen LogP contribution in [0.25, 0.3) is 0 Å². The van der Waals surface area contributed by atoms with Crippen LogP contribution in [0, 0.1) is 5.92 Å². The zero-order valence-electron chi connectivity index (χ0n) is 8.29. The number of aliphatic imine (C=N–C) groups is 1. The van der Waals surface area contributed by atoms with E-state index >= 15 is 0 Å². The van der Waals surface area contributed by atoms with Crippen LogP contribution in [0.15, 0.2) is 11.2 Å². The van der Waals surface area contributed by atoms with Gasteiger partial charge in [0.25, 0.3) is 0 Å². The number of halogens is 1. The van der Waals surface area contributed by atoms with Crippen molar-refractivity contribution in [3.05, 3.63) is 17.7 Å². The van der Waals surface area contributed by atoms with Crippen LogP contribution in [0.1, 0.15) is 25.4 Å². The normalized spacial score (nSPS) is 15.0. The van der Waals surface area contributed by atoms with Crippen LogP contribution in [0.5, 0.6) is 0 Å². The Morgan fingerprint density at radius 3 is 3.14 bits per heavy atom. The molecular weight excluding hydrogens is 200 g/mol. The highest BCUT2D eigenvalue weighted by Crippen LogP contribution is 2.13. The second-order valence-corrected chi connectivity index (χ2v) is 4.18. The molecule has 0 fully saturated rings. The third-order valence-electron chi connectivity index (χ3n) is 2.08. The Labute approximate surface area is 88.0 Å². The van der Waals surface area contributed by atoms with E-state index in [1.54, 1.807) is 0 Å². The molecule has 2 heterocycles. The van der Waals surface area contributed by atoms with Crippen LogP contribution in [-0.2, 0) is 13.0 Å². The number of imidazole rings is 1. The quantitative estimate of drug-likeness (QED) is 0.759. The van der Waals surface area contributed by atoms with Gasteiger partial charge in [0, 0.05) is 6.42 Å². The van der Waals surface area contributed by atoms with Crippen LogP contribution < -0.4 is 5.43 Å². The predicted octanol–water partition coefficient (Wildman–Crippen LogP) is 1.73. The topological polar surface area (TPSA) is 42.2 Å². The molecule has 5 heteroatoms. The molecule has 0 aromatic carbocycles. The van der Waals surface area contributed by atoms with Crippen LogP contribution in [0.2, 0.25) is 0 Å². The fraction of sp³-hybridized carbons (Fsp3) is 0.556. The Hall–Kier alpha value is -1.03. The number of amidine groups is 1. The summed E-state index contributed by atoms with van der Waals surface area (Å²) in [6, 6.07) is 0. The highest BCUT2D eigenvalue weighted by atomic mass is 35.5. The van der Waals surface area contributed by atoms with Crippen LogP contribution in [0.3, 0.4) is 0 Å². The van der Waals surface area contributed by atoms with E-state index in [4.69, 9.17) is 11.6 Å². The van der Waals surface area contributed by atoms with Gasteiger partial charge in [-0.2, -0.15) is 0 Å². The molecule has 14 heavy (non-hydrogen) atoms. The van der Waals surface area contributed by atoms with Gasteiger partial charge in [-0.25, -0.2) is 9.66 Å². The molecule has 0 atom stereocenters. The van der Waals surface area contributed by atoms with Crippen molar-refractivity contribution < 1.29 is 0 Å². The van der Waals surface area contributed by atoms with Gasteiger partial charge in [-0.3, -0.25) is 10.4 Å². The van der Waals surface area contributed by atoms with Crippen molar-refractivity contribution in [2.45, 2.75) is 26.8 Å². The van der Waals surface area contributed by atoms with E-state index in [1.165, 1.54) is 0 Å². The minimum absolute atomic E-state index is 0.431. The van der Waals surface area contributed by atoms with Gasteiger partial charge < -0.3 is 0 Å². The third-order valence-corrected chi connectivity index (χ3v) is 2.29. The van der Waals surface area contributed by atoms with Gasteiger partial charge in [-0.15, -0.1) is 0 Å². The van der Waals surface area contributed by atoms with Gasteiger partial charge in [0.05, 0.1) is 18.4 Å². The first-order valence-electron chi connectivity index (χ1n) is 4.69. The molecule has 1 aliphatic rings. The van der Waals surface area contributed by atoms with E-state index in [0.29, 0.717) is 17.8 Å². The monoisotopic (exact) mass is 212 g/mol. The van der Waals surface area contributed by atoms with Crippen molar-refractivity contribution in [3.63, 3.8) is 0 Å². The number of rotatable bonds is 2. The average molecular weight is 213 g/mol. The van der Waals surface area contributed by atoms with Crippen LogP contribution >= 0.6 is 11.6 Å². The average Bonchev–Trinajstić information content (AvgIpc) is 2.47. The Morgan fingerprint density at radius 1 is 1.64 bits per heavy atom. The Balaban J connectivity index is 2.25. The standard InChI is InChI=1S/C9H13ClN4/c1-6(2)3-8-11-4-7-5-12-9(10)13-14(7)8/h4,6H,3,5H2,1-2H3,(H,12,13). The van der Waals surface area contributed by atoms with Gasteiger partial charge in [-0.1, -0.05) is 13.8 Å². The van der Waals surface area contributed by atoms with Crippen molar-refractivity contribution in [1.29, 1.82) is 0 Å². The van der Waals surface area contributed by atoms with Gasteiger partial charge in [-0.05, 0) is 17.5 Å². The molecule has 0 saturated carbocycles. The number of nitrogens with one attached hydrogen (secondary N) is 1. The summed E-state index contributed by atoms with van der Waals surface area (Å²) in [5.41, 5.74) is 4.04. The first kappa shape index (κ1) is 9.52. The molecule has 0 bridgehead atoms. The molecule has 1 N–H and O–H groups in total. The van der Waals surface area contributed by atoms with Gasteiger partial charge in [0.15, 0.2) is 0 Å². The first-order chi connectivity index (χ1) is 6.66. The maximum atomic E-state index is 5.80. The molecule has 2 rings (SSSR count). The number of hydrogen-bond donors (Lipinski definition) is 1. The summed E-state index contributed by atoms with van der Waals surface area (Å²) in [7, 11) is 0. The molecule has 0 aliphatic carbocycles. The molecule has 0 amide bonds. The molecule has 0 spiro atoms. The number of aromatic nitrogens is 2. The zero-order chi connectivity index (χ0) is 10.1. The second-order valence-electron chi connectivity index (χ2n) is 3.82.